The Labute approximate surface area is 161 Å². The molecule has 1 aliphatic rings. The van der Waals surface area contributed by atoms with Crippen LogP contribution in [0.2, 0.25) is 0 Å². The van der Waals surface area contributed by atoms with Crippen LogP contribution in [0.3, 0.4) is 0 Å². The summed E-state index contributed by atoms with van der Waals surface area (Å²) in [4.78, 5) is -1.89. The van der Waals surface area contributed by atoms with Gasteiger partial charge in [0.15, 0.2) is 6.61 Å². The van der Waals surface area contributed by atoms with Crippen molar-refractivity contribution in [3.05, 3.63) is 41.6 Å². The van der Waals surface area contributed by atoms with Crippen LogP contribution < -0.4 is 4.74 Å². The molecule has 0 aliphatic carbocycles. The zero-order chi connectivity index (χ0) is 19.6. The van der Waals surface area contributed by atoms with Crippen molar-refractivity contribution in [1.29, 1.82) is 0 Å². The normalized spacial score (nSPS) is 31.0. The fraction of sp³-hybridized carbons (Fsp3) is 0.529. The Balaban J connectivity index is 1.74. The van der Waals surface area contributed by atoms with Gasteiger partial charge in [-0.05, 0) is 24.1 Å². The van der Waals surface area contributed by atoms with E-state index in [1.54, 1.807) is 6.07 Å². The van der Waals surface area contributed by atoms with Gasteiger partial charge >= 0.3 is 0 Å². The van der Waals surface area contributed by atoms with Crippen LogP contribution in [0.1, 0.15) is 24.3 Å². The standard InChI is InChI=1S/C17H22N2O7S/c1-2-9-4-3-5-10(6-9)24-8-12-18-19-16(25-12)17(27)15(23)14(22)13(21)11(7-20)26-17/h3-6,11,13-15,20-23,27H,2,7-8H2,1H3/t11-,13-,14+,15-,17-/m1/s1. The minimum atomic E-state index is -1.89. The summed E-state index contributed by atoms with van der Waals surface area (Å²) in [5.41, 5.74) is 1.12. The maximum Gasteiger partial charge on any atom is 0.261 e. The van der Waals surface area contributed by atoms with E-state index in [0.29, 0.717) is 5.75 Å². The highest BCUT2D eigenvalue weighted by molar-refractivity contribution is 7.81. The molecule has 1 aliphatic heterocycles. The number of hydrogen-bond acceptors (Lipinski definition) is 10. The largest absolute Gasteiger partial charge is 0.484 e. The van der Waals surface area contributed by atoms with Crippen molar-refractivity contribution in [3.63, 3.8) is 0 Å². The van der Waals surface area contributed by atoms with Crippen LogP contribution in [0.4, 0.5) is 0 Å². The van der Waals surface area contributed by atoms with Crippen molar-refractivity contribution in [2.75, 3.05) is 6.61 Å². The van der Waals surface area contributed by atoms with E-state index in [1.165, 1.54) is 0 Å². The summed E-state index contributed by atoms with van der Waals surface area (Å²) >= 11 is 4.23. The molecule has 1 saturated heterocycles. The van der Waals surface area contributed by atoms with E-state index < -0.39 is 36.0 Å². The second-order valence-corrected chi connectivity index (χ2v) is 6.92. The summed E-state index contributed by atoms with van der Waals surface area (Å²) in [7, 11) is 0. The first kappa shape index (κ1) is 20.1. The van der Waals surface area contributed by atoms with Crippen LogP contribution >= 0.6 is 12.6 Å². The maximum absolute atomic E-state index is 10.3. The van der Waals surface area contributed by atoms with Gasteiger partial charge in [0.05, 0.1) is 6.61 Å². The molecule has 3 rings (SSSR count). The zero-order valence-electron chi connectivity index (χ0n) is 14.6. The smallest absolute Gasteiger partial charge is 0.261 e. The Bertz CT molecular complexity index is 771. The quantitative estimate of drug-likeness (QED) is 0.418. The van der Waals surface area contributed by atoms with E-state index in [-0.39, 0.29) is 18.4 Å². The van der Waals surface area contributed by atoms with Gasteiger partial charge in [-0.25, -0.2) is 0 Å². The summed E-state index contributed by atoms with van der Waals surface area (Å²) in [6.07, 6.45) is -5.06. The van der Waals surface area contributed by atoms with Crippen LogP contribution in [0.25, 0.3) is 0 Å². The molecule has 0 bridgehead atoms. The molecule has 0 amide bonds. The van der Waals surface area contributed by atoms with Gasteiger partial charge in [0.1, 0.15) is 30.2 Å². The molecule has 1 aromatic heterocycles. The van der Waals surface area contributed by atoms with E-state index in [0.717, 1.165) is 12.0 Å². The second-order valence-electron chi connectivity index (χ2n) is 6.25. The Kier molecular flexibility index (Phi) is 6.04. The molecular formula is C17H22N2O7S. The number of hydrogen-bond donors (Lipinski definition) is 5. The fourth-order valence-corrected chi connectivity index (χ4v) is 3.17. The summed E-state index contributed by atoms with van der Waals surface area (Å²) in [5.74, 6) is 0.531. The molecule has 0 saturated carbocycles. The molecule has 148 valence electrons. The van der Waals surface area contributed by atoms with E-state index in [2.05, 4.69) is 22.8 Å². The number of nitrogens with zero attached hydrogens (tertiary/aromatic N) is 2. The monoisotopic (exact) mass is 398 g/mol. The average molecular weight is 398 g/mol. The molecule has 1 fully saturated rings. The van der Waals surface area contributed by atoms with E-state index in [4.69, 9.17) is 13.9 Å². The number of thiol groups is 1. The summed E-state index contributed by atoms with van der Waals surface area (Å²) < 4.78 is 16.5. The van der Waals surface area contributed by atoms with Crippen molar-refractivity contribution in [3.8, 4) is 5.75 Å². The van der Waals surface area contributed by atoms with Gasteiger partial charge in [-0.15, -0.1) is 22.8 Å². The van der Waals surface area contributed by atoms with Crippen LogP contribution in [0.15, 0.2) is 28.7 Å². The summed E-state index contributed by atoms with van der Waals surface area (Å²) in [5, 5.41) is 47.0. The lowest BCUT2D eigenvalue weighted by molar-refractivity contribution is -0.250. The molecule has 0 unspecified atom stereocenters. The van der Waals surface area contributed by atoms with Crippen molar-refractivity contribution < 1.29 is 34.3 Å². The Morgan fingerprint density at radius 2 is 2.00 bits per heavy atom. The Hall–Kier alpha value is -1.69. The number of aliphatic hydroxyl groups excluding tert-OH is 4. The minimum absolute atomic E-state index is 0.0191. The first-order valence-corrected chi connectivity index (χ1v) is 8.93. The highest BCUT2D eigenvalue weighted by Crippen LogP contribution is 2.40. The molecule has 10 heteroatoms. The number of aliphatic hydroxyl groups is 4. The van der Waals surface area contributed by atoms with Crippen molar-refractivity contribution in [1.82, 2.24) is 10.2 Å². The van der Waals surface area contributed by atoms with E-state index >= 15 is 0 Å². The molecule has 0 radical (unpaired) electrons. The predicted octanol–water partition coefficient (Wildman–Crippen LogP) is -0.233. The fourth-order valence-electron chi connectivity index (χ4n) is 2.79. The third kappa shape index (κ3) is 3.96. The van der Waals surface area contributed by atoms with Crippen molar-refractivity contribution in [2.24, 2.45) is 0 Å². The summed E-state index contributed by atoms with van der Waals surface area (Å²) in [6, 6.07) is 7.56. The summed E-state index contributed by atoms with van der Waals surface area (Å²) in [6.45, 7) is 1.43. The first-order chi connectivity index (χ1) is 12.9. The van der Waals surface area contributed by atoms with Gasteiger partial charge in [-0.2, -0.15) is 0 Å². The number of benzene rings is 1. The molecule has 2 aromatic rings. The number of rotatable bonds is 6. The third-order valence-corrected chi connectivity index (χ3v) is 4.97. The predicted molar refractivity (Wildman–Crippen MR) is 95.1 cm³/mol. The highest BCUT2D eigenvalue weighted by Gasteiger charge is 2.55. The third-order valence-electron chi connectivity index (χ3n) is 4.41. The lowest BCUT2D eigenvalue weighted by Gasteiger charge is -2.43. The van der Waals surface area contributed by atoms with Crippen LogP contribution in [-0.2, 0) is 22.7 Å². The van der Waals surface area contributed by atoms with Crippen LogP contribution in [-0.4, -0.2) is 61.6 Å². The molecule has 9 nitrogen and oxygen atoms in total. The topological polar surface area (TPSA) is 138 Å². The Morgan fingerprint density at radius 1 is 1.22 bits per heavy atom. The average Bonchev–Trinajstić information content (AvgIpc) is 3.17. The second kappa shape index (κ2) is 8.13. The molecule has 4 N–H and O–H groups in total. The number of aromatic nitrogens is 2. The molecular weight excluding hydrogens is 376 g/mol. The lowest BCUT2D eigenvalue weighted by atomic mass is 9.94. The zero-order valence-corrected chi connectivity index (χ0v) is 15.5. The van der Waals surface area contributed by atoms with Gasteiger partial charge in [0, 0.05) is 0 Å². The number of ether oxygens (including phenoxy) is 2. The maximum atomic E-state index is 10.3. The van der Waals surface area contributed by atoms with E-state index in [1.807, 2.05) is 25.1 Å². The van der Waals surface area contributed by atoms with Crippen LogP contribution in [0, 0.1) is 0 Å². The molecule has 5 atom stereocenters. The van der Waals surface area contributed by atoms with Gasteiger partial charge < -0.3 is 34.3 Å². The molecule has 1 aromatic carbocycles. The molecule has 0 spiro atoms. The van der Waals surface area contributed by atoms with Crippen molar-refractivity contribution >= 4 is 12.6 Å². The van der Waals surface area contributed by atoms with E-state index in [9.17, 15) is 20.4 Å². The Morgan fingerprint density at radius 3 is 2.70 bits per heavy atom. The molecule has 27 heavy (non-hydrogen) atoms. The van der Waals surface area contributed by atoms with Crippen LogP contribution in [0.5, 0.6) is 5.75 Å². The van der Waals surface area contributed by atoms with Gasteiger partial charge in [0.2, 0.25) is 4.93 Å². The highest BCUT2D eigenvalue weighted by atomic mass is 32.1. The number of aryl methyl sites for hydroxylation is 1. The first-order valence-electron chi connectivity index (χ1n) is 8.49. The van der Waals surface area contributed by atoms with Gasteiger partial charge in [-0.1, -0.05) is 19.1 Å². The minimum Gasteiger partial charge on any atom is -0.484 e. The van der Waals surface area contributed by atoms with Gasteiger partial charge in [0.25, 0.3) is 11.8 Å². The molecule has 2 heterocycles. The van der Waals surface area contributed by atoms with Crippen molar-refractivity contribution in [2.45, 2.75) is 49.3 Å². The SMILES string of the molecule is CCc1cccc(OCc2nnc([C@@]3(S)O[C@H](CO)[C@@H](O)[C@H](O)[C@H]3O)o2)c1. The van der Waals surface area contributed by atoms with Gasteiger partial charge in [-0.3, -0.25) is 0 Å². The lowest BCUT2D eigenvalue weighted by Crippen LogP contribution is -2.61.